The van der Waals surface area contributed by atoms with Gasteiger partial charge in [0.05, 0.1) is 0 Å². The zero-order valence-corrected chi connectivity index (χ0v) is 38.8. The van der Waals surface area contributed by atoms with Crippen molar-refractivity contribution in [3.63, 3.8) is 0 Å². The highest BCUT2D eigenvalue weighted by atomic mass is 79.9. The molecule has 2 unspecified atom stereocenters. The van der Waals surface area contributed by atoms with Gasteiger partial charge in [-0.2, -0.15) is 0 Å². The SMILES string of the molecule is CC(=O)NC(CC(C)C)C(=O)NC(=Cc1cc(OC(C)=O)c(OC(C)=O)c(OC(C)=O)c1)C(=O)NC(Cc1c[nH]c2cc(Br)ccc12)C(=O)N/C=C/c1ccc(OC(C)=O)c(OC(C)=O)c1. The Labute approximate surface area is 387 Å². The topological polar surface area (TPSA) is 264 Å². The van der Waals surface area contributed by atoms with Gasteiger partial charge in [0.2, 0.25) is 23.5 Å². The van der Waals surface area contributed by atoms with Crippen LogP contribution in [-0.2, 0) is 49.6 Å². The van der Waals surface area contributed by atoms with Crippen LogP contribution in [0, 0.1) is 5.92 Å². The van der Waals surface area contributed by atoms with Gasteiger partial charge in [-0.15, -0.1) is 0 Å². The Morgan fingerprint density at radius 2 is 1.23 bits per heavy atom. The maximum atomic E-state index is 14.6. The molecule has 1 heterocycles. The second-order valence-corrected chi connectivity index (χ2v) is 15.9. The number of fused-ring (bicyclic) bond motifs is 1. The van der Waals surface area contributed by atoms with Crippen LogP contribution >= 0.6 is 15.9 Å². The van der Waals surface area contributed by atoms with E-state index in [1.165, 1.54) is 63.4 Å². The molecule has 19 nitrogen and oxygen atoms in total. The average Bonchev–Trinajstić information content (AvgIpc) is 3.59. The largest absolute Gasteiger partial charge is 0.423 e. The molecule has 0 spiro atoms. The lowest BCUT2D eigenvalue weighted by atomic mass is 10.0. The van der Waals surface area contributed by atoms with Gasteiger partial charge < -0.3 is 49.9 Å². The van der Waals surface area contributed by atoms with Gasteiger partial charge in [0.25, 0.3) is 5.91 Å². The second-order valence-electron chi connectivity index (χ2n) is 15.0. The predicted molar refractivity (Wildman–Crippen MR) is 241 cm³/mol. The molecule has 3 aromatic carbocycles. The highest BCUT2D eigenvalue weighted by Gasteiger charge is 2.28. The summed E-state index contributed by atoms with van der Waals surface area (Å²) < 4.78 is 26.9. The predicted octanol–water partition coefficient (Wildman–Crippen LogP) is 5.08. The van der Waals surface area contributed by atoms with Gasteiger partial charge in [0.15, 0.2) is 23.0 Å². The van der Waals surface area contributed by atoms with Crippen LogP contribution in [0.3, 0.4) is 0 Å². The number of aromatic nitrogens is 1. The standard InChI is InChI=1S/C46H48BrN5O14/c1-23(2)15-36(50-24(3)53)45(60)51-37(16-31-18-41(64-27(6)56)43(66-29(8)58)42(19-31)65-28(7)57)46(61)52-38(20-32-22-49-35-21-33(47)10-11-34(32)35)44(59)48-14-13-30-9-12-39(62-25(4)54)40(17-30)63-26(5)55/h9-14,16-19,21-23,36,38,49H,15,20H2,1-8H3,(H,48,59)(H,50,53)(H,51,60)(H,52,61)/b14-13+,37-16?. The monoisotopic (exact) mass is 973 g/mol. The molecule has 4 aromatic rings. The van der Waals surface area contributed by atoms with Gasteiger partial charge in [-0.25, -0.2) is 0 Å². The Kier molecular flexibility index (Phi) is 18.1. The number of halogens is 1. The number of esters is 5. The van der Waals surface area contributed by atoms with Crippen molar-refractivity contribution in [1.29, 1.82) is 0 Å². The first kappa shape index (κ1) is 51.0. The maximum absolute atomic E-state index is 14.6. The summed E-state index contributed by atoms with van der Waals surface area (Å²) in [6.45, 7) is 10.4. The van der Waals surface area contributed by atoms with Crippen molar-refractivity contribution in [2.24, 2.45) is 5.92 Å². The zero-order chi connectivity index (χ0) is 48.8. The third kappa shape index (κ3) is 15.6. The van der Waals surface area contributed by atoms with E-state index in [1.54, 1.807) is 12.3 Å². The molecule has 20 heteroatoms. The van der Waals surface area contributed by atoms with Crippen LogP contribution in [0.1, 0.15) is 78.5 Å². The summed E-state index contributed by atoms with van der Waals surface area (Å²) in [4.78, 5) is 118. The lowest BCUT2D eigenvalue weighted by molar-refractivity contribution is -0.135. The summed E-state index contributed by atoms with van der Waals surface area (Å²) in [5, 5.41) is 11.2. The summed E-state index contributed by atoms with van der Waals surface area (Å²) in [6, 6.07) is 9.62. The molecule has 4 rings (SSSR count). The van der Waals surface area contributed by atoms with E-state index >= 15 is 0 Å². The fourth-order valence-corrected chi connectivity index (χ4v) is 6.66. The molecule has 0 saturated carbocycles. The molecule has 1 aromatic heterocycles. The smallest absolute Gasteiger partial charge is 0.308 e. The third-order valence-corrected chi connectivity index (χ3v) is 9.26. The van der Waals surface area contributed by atoms with E-state index in [9.17, 15) is 43.2 Å². The number of benzene rings is 3. The number of nitrogens with one attached hydrogen (secondary N) is 5. The van der Waals surface area contributed by atoms with E-state index in [0.29, 0.717) is 11.1 Å². The fourth-order valence-electron chi connectivity index (χ4n) is 6.29. The molecule has 0 aliphatic carbocycles. The minimum absolute atomic E-state index is 0.0125. The molecule has 2 atom stereocenters. The van der Waals surface area contributed by atoms with E-state index in [2.05, 4.69) is 42.2 Å². The number of ether oxygens (including phenoxy) is 5. The lowest BCUT2D eigenvalue weighted by Gasteiger charge is -2.22. The number of aromatic amines is 1. The highest BCUT2D eigenvalue weighted by Crippen LogP contribution is 2.40. The number of H-pyrrole nitrogens is 1. The molecule has 5 N–H and O–H groups in total. The first-order valence-corrected chi connectivity index (χ1v) is 20.9. The van der Waals surface area contributed by atoms with Gasteiger partial charge in [-0.1, -0.05) is 41.9 Å². The van der Waals surface area contributed by atoms with Crippen LogP contribution in [0.25, 0.3) is 23.1 Å². The second kappa shape index (κ2) is 23.4. The number of rotatable bonds is 18. The minimum atomic E-state index is -1.37. The zero-order valence-electron chi connectivity index (χ0n) is 37.2. The van der Waals surface area contributed by atoms with E-state index < -0.39 is 77.0 Å². The van der Waals surface area contributed by atoms with Crippen molar-refractivity contribution in [2.45, 2.75) is 80.3 Å². The maximum Gasteiger partial charge on any atom is 0.308 e. The molecular weight excluding hydrogens is 926 g/mol. The Bertz CT molecular complexity index is 2600. The molecule has 4 amide bonds. The van der Waals surface area contributed by atoms with Gasteiger partial charge >= 0.3 is 29.8 Å². The van der Waals surface area contributed by atoms with Crippen LogP contribution in [0.2, 0.25) is 0 Å². The normalized spacial score (nSPS) is 12.1. The van der Waals surface area contributed by atoms with Crippen molar-refractivity contribution in [3.8, 4) is 28.7 Å². The summed E-state index contributed by atoms with van der Waals surface area (Å²) in [6.07, 6.45) is 5.58. The lowest BCUT2D eigenvalue weighted by Crippen LogP contribution is -2.51. The Morgan fingerprint density at radius 1 is 0.652 bits per heavy atom. The Hall–Kier alpha value is -7.61. The average molecular weight is 975 g/mol. The molecule has 0 bridgehead atoms. The third-order valence-electron chi connectivity index (χ3n) is 8.76. The van der Waals surface area contributed by atoms with E-state index in [0.717, 1.165) is 42.2 Å². The van der Waals surface area contributed by atoms with Crippen LogP contribution < -0.4 is 45.0 Å². The molecule has 0 saturated heterocycles. The van der Waals surface area contributed by atoms with E-state index in [1.807, 2.05) is 26.0 Å². The van der Waals surface area contributed by atoms with Crippen molar-refractivity contribution in [3.05, 3.63) is 87.8 Å². The van der Waals surface area contributed by atoms with Crippen LogP contribution in [0.15, 0.2) is 71.1 Å². The Morgan fingerprint density at radius 3 is 1.80 bits per heavy atom. The number of carbonyl (C=O) groups is 9. The molecule has 0 aliphatic rings. The van der Waals surface area contributed by atoms with Gasteiger partial charge in [-0.3, -0.25) is 43.2 Å². The van der Waals surface area contributed by atoms with Crippen LogP contribution in [0.5, 0.6) is 28.7 Å². The summed E-state index contributed by atoms with van der Waals surface area (Å²) in [7, 11) is 0. The van der Waals surface area contributed by atoms with Gasteiger partial charge in [0, 0.05) is 75.7 Å². The molecule has 348 valence electrons. The molecule has 0 radical (unpaired) electrons. The number of hydrogen-bond donors (Lipinski definition) is 5. The van der Waals surface area contributed by atoms with Crippen molar-refractivity contribution in [2.75, 3.05) is 0 Å². The highest BCUT2D eigenvalue weighted by molar-refractivity contribution is 9.10. The van der Waals surface area contributed by atoms with E-state index in [-0.39, 0.29) is 47.3 Å². The Balaban J connectivity index is 1.83. The number of amides is 4. The van der Waals surface area contributed by atoms with Gasteiger partial charge in [0.1, 0.15) is 17.8 Å². The molecule has 0 aliphatic heterocycles. The van der Waals surface area contributed by atoms with Crippen LogP contribution in [-0.4, -0.2) is 70.5 Å². The van der Waals surface area contributed by atoms with Crippen molar-refractivity contribution >= 4 is 92.5 Å². The summed E-state index contributed by atoms with van der Waals surface area (Å²) >= 11 is 3.44. The number of carbonyl (C=O) groups excluding carboxylic acids is 9. The van der Waals surface area contributed by atoms with Crippen LogP contribution in [0.4, 0.5) is 0 Å². The quantitative estimate of drug-likeness (QED) is 0.0495. The fraction of sp³-hybridized carbons (Fsp3) is 0.283. The van der Waals surface area contributed by atoms with Gasteiger partial charge in [-0.05, 0) is 77.6 Å². The van der Waals surface area contributed by atoms with Crippen molar-refractivity contribution in [1.82, 2.24) is 26.3 Å². The molecular formula is C46H48BrN5O14. The summed E-state index contributed by atoms with van der Waals surface area (Å²) in [5.41, 5.74) is 1.24. The first-order valence-electron chi connectivity index (χ1n) is 20.2. The molecule has 66 heavy (non-hydrogen) atoms. The first-order chi connectivity index (χ1) is 31.1. The van der Waals surface area contributed by atoms with E-state index in [4.69, 9.17) is 23.7 Å². The number of hydrogen-bond acceptors (Lipinski definition) is 14. The molecule has 0 fully saturated rings. The minimum Gasteiger partial charge on any atom is -0.423 e. The summed E-state index contributed by atoms with van der Waals surface area (Å²) in [5.74, 6) is -8.34. The van der Waals surface area contributed by atoms with Crippen molar-refractivity contribution < 1.29 is 66.8 Å².